The molecule has 2 heterocycles. The lowest BCUT2D eigenvalue weighted by molar-refractivity contribution is 0.0970. The van der Waals surface area contributed by atoms with Gasteiger partial charge in [-0.3, -0.25) is 14.2 Å². The van der Waals surface area contributed by atoms with Gasteiger partial charge in [0.15, 0.2) is 17.3 Å². The number of carbonyl (C=O) groups is 1. The maximum atomic E-state index is 13.3. The molecule has 31 heavy (non-hydrogen) atoms. The Hall–Kier alpha value is -2.67. The first kappa shape index (κ1) is 21.6. The lowest BCUT2D eigenvalue weighted by atomic mass is 9.72. The standard InChI is InChI=1S/C24H28N2O4S/c1-24(2,3)15-7-8-16-20(11-15)31-22-21(16)23(28)26(13-25-22)12-17(27)14-6-9-18(29-4)19(10-14)30-5/h6,9-10,13,15H,7-8,11-12H2,1-5H3. The van der Waals surface area contributed by atoms with E-state index in [-0.39, 0.29) is 23.3 Å². The molecule has 1 unspecified atom stereocenters. The number of ketones is 1. The van der Waals surface area contributed by atoms with Gasteiger partial charge in [0.2, 0.25) is 0 Å². The van der Waals surface area contributed by atoms with E-state index in [9.17, 15) is 9.59 Å². The van der Waals surface area contributed by atoms with Gasteiger partial charge in [-0.05, 0) is 54.4 Å². The predicted molar refractivity (Wildman–Crippen MR) is 123 cm³/mol. The van der Waals surface area contributed by atoms with Crippen molar-refractivity contribution in [2.24, 2.45) is 11.3 Å². The van der Waals surface area contributed by atoms with E-state index in [4.69, 9.17) is 9.47 Å². The number of hydrogen-bond acceptors (Lipinski definition) is 6. The molecule has 0 fully saturated rings. The van der Waals surface area contributed by atoms with Gasteiger partial charge in [0.05, 0.1) is 32.5 Å². The fourth-order valence-electron chi connectivity index (χ4n) is 4.31. The van der Waals surface area contributed by atoms with Crippen molar-refractivity contribution >= 4 is 27.3 Å². The number of Topliss-reactive ketones (excluding diaryl/α,β-unsaturated/α-hetero) is 1. The van der Waals surface area contributed by atoms with Gasteiger partial charge in [-0.1, -0.05) is 20.8 Å². The zero-order chi connectivity index (χ0) is 22.3. The number of fused-ring (bicyclic) bond motifs is 3. The smallest absolute Gasteiger partial charge is 0.262 e. The third kappa shape index (κ3) is 3.99. The molecule has 0 saturated heterocycles. The van der Waals surface area contributed by atoms with Crippen LogP contribution < -0.4 is 15.0 Å². The fourth-order valence-corrected chi connectivity index (χ4v) is 5.57. The normalized spacial score (nSPS) is 16.2. The van der Waals surface area contributed by atoms with Crippen LogP contribution in [-0.2, 0) is 19.4 Å². The lowest BCUT2D eigenvalue weighted by Gasteiger charge is -2.33. The highest BCUT2D eigenvalue weighted by atomic mass is 32.1. The third-order valence-corrected chi connectivity index (χ3v) is 7.44. The molecule has 1 aliphatic rings. The average molecular weight is 441 g/mol. The van der Waals surface area contributed by atoms with Gasteiger partial charge in [-0.15, -0.1) is 11.3 Å². The first-order valence-electron chi connectivity index (χ1n) is 10.5. The molecule has 1 atom stereocenters. The van der Waals surface area contributed by atoms with Gasteiger partial charge in [0, 0.05) is 10.4 Å². The summed E-state index contributed by atoms with van der Waals surface area (Å²) in [7, 11) is 3.07. The van der Waals surface area contributed by atoms with Crippen molar-refractivity contribution in [3.8, 4) is 11.5 Å². The molecule has 0 amide bonds. The molecule has 0 N–H and O–H groups in total. The second-order valence-electron chi connectivity index (χ2n) is 9.16. The summed E-state index contributed by atoms with van der Waals surface area (Å²) in [5.74, 6) is 1.45. The van der Waals surface area contributed by atoms with E-state index in [1.165, 1.54) is 22.9 Å². The summed E-state index contributed by atoms with van der Waals surface area (Å²) in [6, 6.07) is 5.01. The second-order valence-corrected chi connectivity index (χ2v) is 10.2. The number of thiophene rings is 1. The molecular weight excluding hydrogens is 412 g/mol. The van der Waals surface area contributed by atoms with Crippen LogP contribution in [0.5, 0.6) is 11.5 Å². The van der Waals surface area contributed by atoms with Gasteiger partial charge in [-0.2, -0.15) is 0 Å². The molecule has 2 aromatic heterocycles. The molecule has 0 radical (unpaired) electrons. The number of aromatic nitrogens is 2. The van der Waals surface area contributed by atoms with E-state index in [0.717, 1.165) is 29.7 Å². The predicted octanol–water partition coefficient (Wildman–Crippen LogP) is 4.51. The Bertz CT molecular complexity index is 1200. The van der Waals surface area contributed by atoms with Crippen LogP contribution in [0.4, 0.5) is 0 Å². The molecule has 7 heteroatoms. The van der Waals surface area contributed by atoms with Crippen LogP contribution in [0.1, 0.15) is 48.0 Å². The maximum absolute atomic E-state index is 13.3. The summed E-state index contributed by atoms with van der Waals surface area (Å²) in [6.07, 6.45) is 4.44. The van der Waals surface area contributed by atoms with Crippen LogP contribution >= 0.6 is 11.3 Å². The van der Waals surface area contributed by atoms with Gasteiger partial charge >= 0.3 is 0 Å². The Labute approximate surface area is 185 Å². The molecule has 0 bridgehead atoms. The molecule has 4 rings (SSSR count). The summed E-state index contributed by atoms with van der Waals surface area (Å²) < 4.78 is 11.9. The van der Waals surface area contributed by atoms with Crippen LogP contribution in [0.25, 0.3) is 10.2 Å². The van der Waals surface area contributed by atoms with Crippen molar-refractivity contribution in [3.63, 3.8) is 0 Å². The summed E-state index contributed by atoms with van der Waals surface area (Å²) in [4.78, 5) is 32.7. The highest BCUT2D eigenvalue weighted by Crippen LogP contribution is 2.42. The number of methoxy groups -OCH3 is 2. The van der Waals surface area contributed by atoms with Gasteiger partial charge in [0.25, 0.3) is 5.56 Å². The Morgan fingerprint density at radius 1 is 1.23 bits per heavy atom. The Morgan fingerprint density at radius 3 is 2.65 bits per heavy atom. The van der Waals surface area contributed by atoms with E-state index >= 15 is 0 Å². The van der Waals surface area contributed by atoms with Crippen LogP contribution in [0.2, 0.25) is 0 Å². The number of carbonyl (C=O) groups excluding carboxylic acids is 1. The summed E-state index contributed by atoms with van der Waals surface area (Å²) in [5, 5.41) is 0.690. The molecule has 164 valence electrons. The van der Waals surface area contributed by atoms with E-state index in [1.807, 2.05) is 0 Å². The molecule has 1 aromatic carbocycles. The van der Waals surface area contributed by atoms with Crippen molar-refractivity contribution in [1.82, 2.24) is 9.55 Å². The molecule has 1 aliphatic carbocycles. The average Bonchev–Trinajstić information content (AvgIpc) is 3.13. The van der Waals surface area contributed by atoms with Crippen molar-refractivity contribution in [2.75, 3.05) is 14.2 Å². The van der Waals surface area contributed by atoms with Crippen molar-refractivity contribution < 1.29 is 14.3 Å². The number of nitrogens with zero attached hydrogens (tertiary/aromatic N) is 2. The van der Waals surface area contributed by atoms with Gasteiger partial charge in [-0.25, -0.2) is 4.98 Å². The monoisotopic (exact) mass is 440 g/mol. The van der Waals surface area contributed by atoms with Crippen LogP contribution in [0.15, 0.2) is 29.3 Å². The highest BCUT2D eigenvalue weighted by molar-refractivity contribution is 7.18. The minimum atomic E-state index is -0.180. The topological polar surface area (TPSA) is 70.4 Å². The van der Waals surface area contributed by atoms with Crippen molar-refractivity contribution in [3.05, 3.63) is 50.9 Å². The Kier molecular flexibility index (Phi) is 5.64. The molecule has 6 nitrogen and oxygen atoms in total. The minimum Gasteiger partial charge on any atom is -0.493 e. The minimum absolute atomic E-state index is 0.0630. The lowest BCUT2D eigenvalue weighted by Crippen LogP contribution is -2.27. The zero-order valence-corrected chi connectivity index (χ0v) is 19.5. The summed E-state index contributed by atoms with van der Waals surface area (Å²) >= 11 is 1.63. The molecule has 0 saturated carbocycles. The van der Waals surface area contributed by atoms with E-state index in [1.54, 1.807) is 36.6 Å². The summed E-state index contributed by atoms with van der Waals surface area (Å²) in [5.41, 5.74) is 1.70. The molecule has 0 spiro atoms. The van der Waals surface area contributed by atoms with E-state index < -0.39 is 0 Å². The van der Waals surface area contributed by atoms with E-state index in [0.29, 0.717) is 28.4 Å². The first-order chi connectivity index (χ1) is 14.7. The quantitative estimate of drug-likeness (QED) is 0.546. The zero-order valence-electron chi connectivity index (χ0n) is 18.7. The van der Waals surface area contributed by atoms with Gasteiger partial charge < -0.3 is 9.47 Å². The molecule has 3 aromatic rings. The van der Waals surface area contributed by atoms with Gasteiger partial charge in [0.1, 0.15) is 4.83 Å². The Balaban J connectivity index is 1.65. The SMILES string of the molecule is COc1ccc(C(=O)Cn2cnc3sc4c(c3c2=O)CCC(C(C)(C)C)C4)cc1OC. The largest absolute Gasteiger partial charge is 0.493 e. The molecule has 0 aliphatic heterocycles. The molecular formula is C24H28N2O4S. The van der Waals surface area contributed by atoms with Crippen LogP contribution in [0.3, 0.4) is 0 Å². The Morgan fingerprint density at radius 2 is 1.97 bits per heavy atom. The maximum Gasteiger partial charge on any atom is 0.262 e. The van der Waals surface area contributed by atoms with Crippen molar-refractivity contribution in [1.29, 1.82) is 0 Å². The van der Waals surface area contributed by atoms with Crippen LogP contribution in [-0.4, -0.2) is 29.6 Å². The second kappa shape index (κ2) is 8.11. The number of rotatable bonds is 5. The van der Waals surface area contributed by atoms with Crippen LogP contribution in [0, 0.1) is 11.3 Å². The van der Waals surface area contributed by atoms with E-state index in [2.05, 4.69) is 25.8 Å². The highest BCUT2D eigenvalue weighted by Gasteiger charge is 2.31. The van der Waals surface area contributed by atoms with Crippen molar-refractivity contribution in [2.45, 2.75) is 46.6 Å². The first-order valence-corrected chi connectivity index (χ1v) is 11.3. The summed E-state index contributed by atoms with van der Waals surface area (Å²) in [6.45, 7) is 6.77. The number of hydrogen-bond donors (Lipinski definition) is 0. The number of benzene rings is 1. The number of ether oxygens (including phenoxy) is 2. The number of aryl methyl sites for hydroxylation is 1. The third-order valence-electron chi connectivity index (χ3n) is 6.28. The fraction of sp³-hybridized carbons (Fsp3) is 0.458.